The number of rotatable bonds is 10. The number of nitrogens with zero attached hydrogens (tertiary/aromatic N) is 2. The number of pyridine rings is 2. The molecule has 58 heavy (non-hydrogen) atoms. The van der Waals surface area contributed by atoms with E-state index in [0.29, 0.717) is 0 Å². The Morgan fingerprint density at radius 3 is 1.59 bits per heavy atom. The van der Waals surface area contributed by atoms with Crippen molar-refractivity contribution in [3.05, 3.63) is 137 Å². The molecule has 6 aromatic rings. The summed E-state index contributed by atoms with van der Waals surface area (Å²) < 4.78 is 0. The zero-order valence-electron chi connectivity index (χ0n) is 37.1. The van der Waals surface area contributed by atoms with Crippen LogP contribution in [0.4, 0.5) is 0 Å². The van der Waals surface area contributed by atoms with Gasteiger partial charge in [-0.25, -0.2) is 0 Å². The van der Waals surface area contributed by atoms with Crippen molar-refractivity contribution in [3.63, 3.8) is 0 Å². The Morgan fingerprint density at radius 1 is 0.690 bits per heavy atom. The summed E-state index contributed by atoms with van der Waals surface area (Å²) in [6.45, 7) is 27.7. The number of aliphatic hydroxyl groups is 1. The van der Waals surface area contributed by atoms with Crippen molar-refractivity contribution in [2.75, 3.05) is 0 Å². The van der Waals surface area contributed by atoms with Crippen LogP contribution in [-0.4, -0.2) is 28.9 Å². The Balaban J connectivity index is 0.000000234. The zero-order valence-corrected chi connectivity index (χ0v) is 40.5. The van der Waals surface area contributed by atoms with E-state index in [1.807, 2.05) is 47.0 Å². The monoisotopic (exact) mass is 969 g/mol. The topological polar surface area (TPSA) is 63.1 Å². The van der Waals surface area contributed by atoms with Crippen LogP contribution in [0.1, 0.15) is 88.1 Å². The van der Waals surface area contributed by atoms with Crippen molar-refractivity contribution >= 4 is 40.6 Å². The molecule has 0 amide bonds. The first-order chi connectivity index (χ1) is 26.9. The summed E-state index contributed by atoms with van der Waals surface area (Å²) in [6, 6.07) is 33.0. The molecule has 0 aliphatic carbocycles. The van der Waals surface area contributed by atoms with Gasteiger partial charge in [0.1, 0.15) is 0 Å². The second-order valence-electron chi connectivity index (χ2n) is 17.0. The van der Waals surface area contributed by atoms with Crippen LogP contribution in [-0.2, 0) is 24.9 Å². The molecule has 0 aliphatic rings. The number of allylic oxidation sites excluding steroid dienone is 2. The van der Waals surface area contributed by atoms with E-state index in [2.05, 4.69) is 149 Å². The molecule has 2 aromatic heterocycles. The Bertz CT molecular complexity index is 2310. The van der Waals surface area contributed by atoms with Gasteiger partial charge in [0.15, 0.2) is 5.78 Å². The predicted octanol–water partition coefficient (Wildman–Crippen LogP) is 13.7. The van der Waals surface area contributed by atoms with Gasteiger partial charge in [0.05, 0.1) is 13.8 Å². The smallest absolute Gasteiger partial charge is 0.164 e. The molecule has 1 N–H and O–H groups in total. The minimum atomic E-state index is -1.29. The fourth-order valence-corrected chi connectivity index (χ4v) is 8.32. The molecular weight excluding hydrogens is 905 g/mol. The van der Waals surface area contributed by atoms with Gasteiger partial charge in [-0.1, -0.05) is 129 Å². The van der Waals surface area contributed by atoms with Crippen molar-refractivity contribution in [2.45, 2.75) is 115 Å². The van der Waals surface area contributed by atoms with E-state index < -0.39 is 8.07 Å². The number of hydrogen-bond donors (Lipinski definition) is 1. The summed E-state index contributed by atoms with van der Waals surface area (Å²) in [5, 5.41) is 16.3. The second kappa shape index (κ2) is 21.2. The van der Waals surface area contributed by atoms with Crippen LogP contribution in [0.3, 0.4) is 0 Å². The van der Waals surface area contributed by atoms with Gasteiger partial charge in [-0.2, -0.15) is 0 Å². The third-order valence-electron chi connectivity index (χ3n) is 11.2. The molecule has 0 fully saturated rings. The van der Waals surface area contributed by atoms with Crippen LogP contribution in [0.25, 0.3) is 44.1 Å². The number of carbonyl (C=O) groups is 1. The molecule has 0 unspecified atom stereocenters. The third-order valence-corrected chi connectivity index (χ3v) is 13.2. The molecular formula is C52H64IrN2O2Si-2. The van der Waals surface area contributed by atoms with Crippen molar-refractivity contribution < 1.29 is 30.0 Å². The van der Waals surface area contributed by atoms with Crippen molar-refractivity contribution in [2.24, 2.45) is 11.3 Å². The van der Waals surface area contributed by atoms with E-state index in [4.69, 9.17) is 0 Å². The quantitative estimate of drug-likeness (QED) is 0.0643. The summed E-state index contributed by atoms with van der Waals surface area (Å²) >= 11 is 0. The Labute approximate surface area is 364 Å². The maximum absolute atomic E-state index is 12.0. The maximum Gasteiger partial charge on any atom is 0.164 e. The zero-order chi connectivity index (χ0) is 42.1. The summed E-state index contributed by atoms with van der Waals surface area (Å²) in [7, 11) is -1.29. The van der Waals surface area contributed by atoms with Gasteiger partial charge < -0.3 is 15.1 Å². The first-order valence-corrected chi connectivity index (χ1v) is 24.1. The van der Waals surface area contributed by atoms with Gasteiger partial charge in [0, 0.05) is 49.9 Å². The molecule has 4 aromatic carbocycles. The Morgan fingerprint density at radius 2 is 1.16 bits per heavy atom. The van der Waals surface area contributed by atoms with E-state index in [1.54, 1.807) is 0 Å². The van der Waals surface area contributed by atoms with Crippen molar-refractivity contribution in [3.8, 4) is 22.5 Å². The minimum Gasteiger partial charge on any atom is -0.512 e. The summed E-state index contributed by atoms with van der Waals surface area (Å²) in [5.74, 6) is 0.437. The van der Waals surface area contributed by atoms with E-state index in [0.717, 1.165) is 59.3 Å². The van der Waals surface area contributed by atoms with Gasteiger partial charge in [-0.15, -0.1) is 69.8 Å². The number of benzene rings is 4. The van der Waals surface area contributed by atoms with E-state index >= 15 is 0 Å². The molecule has 6 heteroatoms. The van der Waals surface area contributed by atoms with Crippen LogP contribution in [0.2, 0.25) is 19.6 Å². The van der Waals surface area contributed by atoms with Crippen LogP contribution in [0.15, 0.2) is 97.0 Å². The molecule has 0 saturated carbocycles. The van der Waals surface area contributed by atoms with Gasteiger partial charge >= 0.3 is 0 Å². The summed E-state index contributed by atoms with van der Waals surface area (Å²) in [6.07, 6.45) is 8.62. The third kappa shape index (κ3) is 12.4. The standard InChI is InChI=1S/C20H22NSi.C18H16N.C14H26O2.Ir/c1-14-10-15(2)12-17(11-14)20-19-7-6-18(22(3,4)5)13-16(19)8-9-21-20;1-12-4-5-17-15(9-12)6-7-19-18(17)16-10-13(2)8-14(3)11-16;1-6-11(7-2)12(15)10-13(16)14(5,8-3)9-4;/h6-11,13H,1-5H3;4-10H,1-3H3;10-11,15H,6-9H2,1-5H3;/q2*-1;;/b;;12-10-;. The van der Waals surface area contributed by atoms with Gasteiger partial charge in [-0.05, 0) is 77.7 Å². The fourth-order valence-electron chi connectivity index (χ4n) is 7.15. The summed E-state index contributed by atoms with van der Waals surface area (Å²) in [5.41, 5.74) is 9.98. The molecule has 309 valence electrons. The van der Waals surface area contributed by atoms with Crippen molar-refractivity contribution in [1.82, 2.24) is 9.97 Å². The average molecular weight is 969 g/mol. The number of aryl methyl sites for hydroxylation is 5. The molecule has 0 bridgehead atoms. The minimum absolute atomic E-state index is 0. The van der Waals surface area contributed by atoms with E-state index in [9.17, 15) is 9.90 Å². The van der Waals surface area contributed by atoms with Crippen LogP contribution >= 0.6 is 0 Å². The van der Waals surface area contributed by atoms with E-state index in [1.165, 1.54) is 49.5 Å². The van der Waals surface area contributed by atoms with Gasteiger partial charge in [-0.3, -0.25) is 4.79 Å². The number of aromatic nitrogens is 2. The Kier molecular flexibility index (Phi) is 17.6. The SMILES string of the molecule is CCC(CC)/C(O)=C/C(=O)C(C)(CC)CC.Cc1[c-]c(-c2nccc3cc(C)ccc23)cc(C)c1.Cc1[c-]c(-c2nccc3cc([Si](C)(C)C)ccc23)cc(C)c1.[Ir]. The van der Waals surface area contributed by atoms with Crippen LogP contribution in [0.5, 0.6) is 0 Å². The Hall–Kier alpha value is -4.22. The normalized spacial score (nSPS) is 11.7. The predicted molar refractivity (Wildman–Crippen MR) is 247 cm³/mol. The number of aliphatic hydroxyl groups excluding tert-OH is 1. The number of ketones is 1. The molecule has 0 atom stereocenters. The molecule has 6 rings (SSSR count). The van der Waals surface area contributed by atoms with Crippen LogP contribution < -0.4 is 5.19 Å². The van der Waals surface area contributed by atoms with E-state index in [-0.39, 0.29) is 43.0 Å². The fraction of sp³-hybridized carbons (Fsp3) is 0.365. The second-order valence-corrected chi connectivity index (χ2v) is 22.0. The molecule has 0 aliphatic heterocycles. The number of carbonyl (C=O) groups excluding carboxylic acids is 1. The number of hydrogen-bond acceptors (Lipinski definition) is 4. The largest absolute Gasteiger partial charge is 0.512 e. The summed E-state index contributed by atoms with van der Waals surface area (Å²) in [4.78, 5) is 21.2. The maximum atomic E-state index is 12.0. The first kappa shape index (κ1) is 48.1. The molecule has 1 radical (unpaired) electrons. The molecule has 0 spiro atoms. The van der Waals surface area contributed by atoms with Gasteiger partial charge in [0.2, 0.25) is 0 Å². The average Bonchev–Trinajstić information content (AvgIpc) is 3.16. The number of fused-ring (bicyclic) bond motifs is 2. The molecule has 4 nitrogen and oxygen atoms in total. The van der Waals surface area contributed by atoms with Crippen molar-refractivity contribution in [1.29, 1.82) is 0 Å². The first-order valence-electron chi connectivity index (χ1n) is 20.6. The van der Waals surface area contributed by atoms with Crippen LogP contribution in [0, 0.1) is 58.1 Å². The molecule has 0 saturated heterocycles. The molecule has 2 heterocycles. The van der Waals surface area contributed by atoms with Gasteiger partial charge in [0.25, 0.3) is 0 Å².